The number of nitro benzene ring substituents is 1. The van der Waals surface area contributed by atoms with Crippen LogP contribution in [0.5, 0.6) is 5.75 Å². The SMILES string of the molecule is COc1cc(NC(C)=O)c([N+](=O)[O-])cc1C. The molecule has 0 fully saturated rings. The third-order valence-corrected chi connectivity index (χ3v) is 2.02. The Morgan fingerprint density at radius 3 is 2.56 bits per heavy atom. The Kier molecular flexibility index (Phi) is 3.44. The molecule has 1 aromatic rings. The molecule has 0 bridgehead atoms. The van der Waals surface area contributed by atoms with E-state index in [9.17, 15) is 14.9 Å². The molecule has 0 spiro atoms. The van der Waals surface area contributed by atoms with Gasteiger partial charge in [-0.15, -0.1) is 0 Å². The summed E-state index contributed by atoms with van der Waals surface area (Å²) in [5, 5.41) is 13.2. The molecule has 0 aromatic heterocycles. The zero-order valence-corrected chi connectivity index (χ0v) is 9.23. The van der Waals surface area contributed by atoms with Gasteiger partial charge in [-0.1, -0.05) is 0 Å². The van der Waals surface area contributed by atoms with Crippen molar-refractivity contribution < 1.29 is 14.5 Å². The van der Waals surface area contributed by atoms with Gasteiger partial charge in [0.05, 0.1) is 12.0 Å². The topological polar surface area (TPSA) is 81.5 Å². The van der Waals surface area contributed by atoms with E-state index in [1.807, 2.05) is 0 Å². The van der Waals surface area contributed by atoms with Gasteiger partial charge in [0.25, 0.3) is 5.69 Å². The molecule has 6 heteroatoms. The van der Waals surface area contributed by atoms with E-state index in [1.165, 1.54) is 26.2 Å². The van der Waals surface area contributed by atoms with E-state index in [0.29, 0.717) is 11.3 Å². The van der Waals surface area contributed by atoms with Gasteiger partial charge in [-0.2, -0.15) is 0 Å². The summed E-state index contributed by atoms with van der Waals surface area (Å²) in [6.45, 7) is 2.99. The molecule has 0 saturated heterocycles. The Hall–Kier alpha value is -2.11. The monoisotopic (exact) mass is 224 g/mol. The Bertz CT molecular complexity index is 443. The van der Waals surface area contributed by atoms with Crippen molar-refractivity contribution in [3.63, 3.8) is 0 Å². The zero-order chi connectivity index (χ0) is 12.3. The minimum atomic E-state index is -0.544. The molecule has 0 unspecified atom stereocenters. The van der Waals surface area contributed by atoms with Crippen LogP contribution in [0.4, 0.5) is 11.4 Å². The Labute approximate surface area is 92.4 Å². The molecule has 1 N–H and O–H groups in total. The fourth-order valence-electron chi connectivity index (χ4n) is 1.33. The molecule has 0 aliphatic heterocycles. The fourth-order valence-corrected chi connectivity index (χ4v) is 1.33. The molecular formula is C10H12N2O4. The minimum Gasteiger partial charge on any atom is -0.496 e. The molecule has 0 atom stereocenters. The van der Waals surface area contributed by atoms with Gasteiger partial charge >= 0.3 is 0 Å². The first-order valence-corrected chi connectivity index (χ1v) is 4.56. The van der Waals surface area contributed by atoms with Crippen LogP contribution >= 0.6 is 0 Å². The summed E-state index contributed by atoms with van der Waals surface area (Å²) in [6, 6.07) is 2.80. The number of ether oxygens (including phenoxy) is 1. The van der Waals surface area contributed by atoms with Gasteiger partial charge in [0.2, 0.25) is 5.91 Å². The molecule has 16 heavy (non-hydrogen) atoms. The Morgan fingerprint density at radius 1 is 1.50 bits per heavy atom. The molecule has 1 amide bonds. The van der Waals surface area contributed by atoms with E-state index >= 15 is 0 Å². The maximum Gasteiger partial charge on any atom is 0.293 e. The predicted molar refractivity (Wildman–Crippen MR) is 58.7 cm³/mol. The molecule has 1 rings (SSSR count). The summed E-state index contributed by atoms with van der Waals surface area (Å²) in [6.07, 6.45) is 0. The Balaban J connectivity index is 3.30. The van der Waals surface area contributed by atoms with Gasteiger partial charge in [-0.25, -0.2) is 0 Å². The first-order valence-electron chi connectivity index (χ1n) is 4.56. The molecule has 86 valence electrons. The van der Waals surface area contributed by atoms with Gasteiger partial charge in [-0.3, -0.25) is 14.9 Å². The highest BCUT2D eigenvalue weighted by Gasteiger charge is 2.17. The third-order valence-electron chi connectivity index (χ3n) is 2.02. The van der Waals surface area contributed by atoms with Crippen LogP contribution in [0, 0.1) is 17.0 Å². The van der Waals surface area contributed by atoms with Crippen LogP contribution in [0.15, 0.2) is 12.1 Å². The van der Waals surface area contributed by atoms with Crippen molar-refractivity contribution in [3.05, 3.63) is 27.8 Å². The second-order valence-corrected chi connectivity index (χ2v) is 3.28. The summed E-state index contributed by atoms with van der Waals surface area (Å²) in [4.78, 5) is 21.1. The maximum atomic E-state index is 10.9. The van der Waals surface area contributed by atoms with Gasteiger partial charge in [0.1, 0.15) is 11.4 Å². The summed E-state index contributed by atoms with van der Waals surface area (Å²) in [7, 11) is 1.46. The largest absolute Gasteiger partial charge is 0.496 e. The molecule has 6 nitrogen and oxygen atoms in total. The smallest absolute Gasteiger partial charge is 0.293 e. The van der Waals surface area contributed by atoms with Crippen molar-refractivity contribution in [2.24, 2.45) is 0 Å². The number of rotatable bonds is 3. The van der Waals surface area contributed by atoms with Crippen molar-refractivity contribution in [1.29, 1.82) is 0 Å². The quantitative estimate of drug-likeness (QED) is 0.627. The van der Waals surface area contributed by atoms with Gasteiger partial charge < -0.3 is 10.1 Å². The molecule has 0 aliphatic carbocycles. The van der Waals surface area contributed by atoms with Crippen LogP contribution in [0.1, 0.15) is 12.5 Å². The molecule has 0 radical (unpaired) electrons. The highest BCUT2D eigenvalue weighted by molar-refractivity contribution is 5.91. The summed E-state index contributed by atoms with van der Waals surface area (Å²) in [5.41, 5.74) is 0.636. The number of nitrogens with one attached hydrogen (secondary N) is 1. The third kappa shape index (κ3) is 2.47. The number of benzene rings is 1. The van der Waals surface area contributed by atoms with Crippen molar-refractivity contribution in [2.75, 3.05) is 12.4 Å². The number of amides is 1. The molecular weight excluding hydrogens is 212 g/mol. The predicted octanol–water partition coefficient (Wildman–Crippen LogP) is 1.87. The lowest BCUT2D eigenvalue weighted by Crippen LogP contribution is -2.08. The van der Waals surface area contributed by atoms with Crippen molar-refractivity contribution in [2.45, 2.75) is 13.8 Å². The van der Waals surface area contributed by atoms with Crippen LogP contribution in [0.3, 0.4) is 0 Å². The standard InChI is InChI=1S/C10H12N2O4/c1-6-4-9(12(14)15)8(11-7(2)13)5-10(6)16-3/h4-5H,1-3H3,(H,11,13). The van der Waals surface area contributed by atoms with Crippen LogP contribution in [-0.4, -0.2) is 17.9 Å². The zero-order valence-electron chi connectivity index (χ0n) is 9.23. The number of methoxy groups -OCH3 is 1. The van der Waals surface area contributed by atoms with Crippen molar-refractivity contribution in [3.8, 4) is 5.75 Å². The number of carbonyl (C=O) groups is 1. The lowest BCUT2D eigenvalue weighted by molar-refractivity contribution is -0.384. The molecule has 0 saturated carbocycles. The van der Waals surface area contributed by atoms with Crippen LogP contribution in [-0.2, 0) is 4.79 Å². The van der Waals surface area contributed by atoms with Crippen molar-refractivity contribution in [1.82, 2.24) is 0 Å². The number of hydrogen-bond donors (Lipinski definition) is 1. The van der Waals surface area contributed by atoms with Crippen LogP contribution in [0.2, 0.25) is 0 Å². The van der Waals surface area contributed by atoms with Crippen LogP contribution in [0.25, 0.3) is 0 Å². The van der Waals surface area contributed by atoms with E-state index in [1.54, 1.807) is 6.92 Å². The number of nitrogens with zero attached hydrogens (tertiary/aromatic N) is 1. The number of nitro groups is 1. The minimum absolute atomic E-state index is 0.139. The molecule has 0 heterocycles. The first kappa shape index (κ1) is 12.0. The lowest BCUT2D eigenvalue weighted by Gasteiger charge is -2.08. The highest BCUT2D eigenvalue weighted by Crippen LogP contribution is 2.32. The average molecular weight is 224 g/mol. The lowest BCUT2D eigenvalue weighted by atomic mass is 10.1. The second kappa shape index (κ2) is 4.61. The Morgan fingerprint density at radius 2 is 2.12 bits per heavy atom. The van der Waals surface area contributed by atoms with E-state index in [2.05, 4.69) is 5.32 Å². The van der Waals surface area contributed by atoms with Crippen molar-refractivity contribution >= 4 is 17.3 Å². The first-order chi connectivity index (χ1) is 7.45. The number of carbonyl (C=O) groups excluding carboxylic acids is 1. The van der Waals surface area contributed by atoms with Gasteiger partial charge in [0, 0.05) is 19.1 Å². The fraction of sp³-hybridized carbons (Fsp3) is 0.300. The summed E-state index contributed by atoms with van der Waals surface area (Å²) < 4.78 is 5.03. The summed E-state index contributed by atoms with van der Waals surface area (Å²) >= 11 is 0. The maximum absolute atomic E-state index is 10.9. The summed E-state index contributed by atoms with van der Waals surface area (Å²) in [5.74, 6) is 0.128. The van der Waals surface area contributed by atoms with Crippen LogP contribution < -0.4 is 10.1 Å². The molecule has 1 aromatic carbocycles. The van der Waals surface area contributed by atoms with Gasteiger partial charge in [0.15, 0.2) is 0 Å². The van der Waals surface area contributed by atoms with E-state index < -0.39 is 4.92 Å². The van der Waals surface area contributed by atoms with E-state index in [0.717, 1.165) is 0 Å². The normalized spacial score (nSPS) is 9.69. The average Bonchev–Trinajstić information content (AvgIpc) is 2.19. The van der Waals surface area contributed by atoms with Gasteiger partial charge in [-0.05, 0) is 12.5 Å². The molecule has 0 aliphatic rings. The number of aryl methyl sites for hydroxylation is 1. The van der Waals surface area contributed by atoms with E-state index in [-0.39, 0.29) is 17.3 Å². The second-order valence-electron chi connectivity index (χ2n) is 3.28. The number of hydrogen-bond acceptors (Lipinski definition) is 4. The number of anilines is 1. The highest BCUT2D eigenvalue weighted by atomic mass is 16.6. The van der Waals surface area contributed by atoms with E-state index in [4.69, 9.17) is 4.74 Å².